The number of nitro benzene ring substituents is 1. The van der Waals surface area contributed by atoms with Crippen LogP contribution >= 0.6 is 0 Å². The molecular weight excluding hydrogens is 251 g/mol. The van der Waals surface area contributed by atoms with Crippen molar-refractivity contribution in [2.75, 3.05) is 5.32 Å². The van der Waals surface area contributed by atoms with Crippen LogP contribution in [-0.4, -0.2) is 14.9 Å². The molecule has 1 aromatic heterocycles. The fourth-order valence-corrected chi connectivity index (χ4v) is 1.66. The molecule has 0 atom stereocenters. The summed E-state index contributed by atoms with van der Waals surface area (Å²) >= 11 is 0. The largest absolute Gasteiger partial charge is 0.372 e. The molecule has 0 aliphatic heterocycles. The summed E-state index contributed by atoms with van der Waals surface area (Å²) in [6, 6.07) is 3.41. The molecule has 0 saturated carbocycles. The Labute approximate surface area is 108 Å². The summed E-state index contributed by atoms with van der Waals surface area (Å²) in [6.07, 6.45) is 2.56. The lowest BCUT2D eigenvalue weighted by Crippen LogP contribution is -2.04. The van der Waals surface area contributed by atoms with Crippen molar-refractivity contribution < 1.29 is 9.31 Å². The van der Waals surface area contributed by atoms with Crippen molar-refractivity contribution in [1.29, 1.82) is 0 Å². The van der Waals surface area contributed by atoms with E-state index in [1.807, 2.05) is 6.92 Å². The van der Waals surface area contributed by atoms with Gasteiger partial charge in [0.2, 0.25) is 0 Å². The Kier molecular flexibility index (Phi) is 3.74. The smallest absolute Gasteiger partial charge is 0.295 e. The van der Waals surface area contributed by atoms with Crippen molar-refractivity contribution >= 4 is 11.4 Å². The number of aromatic nitrogens is 2. The van der Waals surface area contributed by atoms with E-state index in [4.69, 9.17) is 0 Å². The Morgan fingerprint density at radius 2 is 2.32 bits per heavy atom. The van der Waals surface area contributed by atoms with Gasteiger partial charge in [-0.05, 0) is 18.6 Å². The monoisotopic (exact) mass is 264 g/mol. The van der Waals surface area contributed by atoms with Crippen molar-refractivity contribution in [2.45, 2.75) is 19.9 Å². The van der Waals surface area contributed by atoms with Gasteiger partial charge in [0.15, 0.2) is 0 Å². The summed E-state index contributed by atoms with van der Waals surface area (Å²) in [6.45, 7) is 2.31. The van der Waals surface area contributed by atoms with Crippen LogP contribution in [0.3, 0.4) is 0 Å². The van der Waals surface area contributed by atoms with Gasteiger partial charge in [-0.1, -0.05) is 6.92 Å². The first-order chi connectivity index (χ1) is 9.10. The van der Waals surface area contributed by atoms with E-state index in [0.717, 1.165) is 18.2 Å². The number of nitrogens with one attached hydrogen (secondary N) is 2. The summed E-state index contributed by atoms with van der Waals surface area (Å²) in [4.78, 5) is 17.4. The highest BCUT2D eigenvalue weighted by Crippen LogP contribution is 2.25. The first-order valence-corrected chi connectivity index (χ1v) is 5.80. The van der Waals surface area contributed by atoms with Crippen LogP contribution in [0, 0.1) is 15.9 Å². The number of benzene rings is 1. The number of rotatable bonds is 5. The minimum absolute atomic E-state index is 0.265. The maximum atomic E-state index is 13.0. The number of hydrogen-bond donors (Lipinski definition) is 2. The molecule has 1 heterocycles. The summed E-state index contributed by atoms with van der Waals surface area (Å²) in [5, 5.41) is 13.7. The molecule has 1 aromatic carbocycles. The van der Waals surface area contributed by atoms with Gasteiger partial charge in [0.05, 0.1) is 17.5 Å². The van der Waals surface area contributed by atoms with E-state index in [0.29, 0.717) is 12.4 Å². The number of anilines is 1. The lowest BCUT2D eigenvalue weighted by molar-refractivity contribution is -0.384. The number of H-pyrrole nitrogens is 1. The molecule has 2 rings (SSSR count). The quantitative estimate of drug-likeness (QED) is 0.642. The zero-order chi connectivity index (χ0) is 13.8. The Hall–Kier alpha value is -2.44. The maximum absolute atomic E-state index is 13.0. The van der Waals surface area contributed by atoms with Gasteiger partial charge in [0.25, 0.3) is 5.69 Å². The van der Waals surface area contributed by atoms with Crippen molar-refractivity contribution in [3.8, 4) is 0 Å². The third-order valence-corrected chi connectivity index (χ3v) is 2.66. The zero-order valence-corrected chi connectivity index (χ0v) is 10.3. The van der Waals surface area contributed by atoms with Crippen LogP contribution in [-0.2, 0) is 13.0 Å². The van der Waals surface area contributed by atoms with Gasteiger partial charge in [-0.2, -0.15) is 0 Å². The molecule has 2 N–H and O–H groups in total. The highest BCUT2D eigenvalue weighted by atomic mass is 19.1. The highest BCUT2D eigenvalue weighted by molar-refractivity contribution is 5.61. The molecule has 19 heavy (non-hydrogen) atoms. The SMILES string of the molecule is CCc1cnc(CNc2ccc(F)cc2[N+](=O)[O-])[nH]1. The van der Waals surface area contributed by atoms with Crippen molar-refractivity contribution in [2.24, 2.45) is 0 Å². The van der Waals surface area contributed by atoms with Crippen LogP contribution in [0.4, 0.5) is 15.8 Å². The highest BCUT2D eigenvalue weighted by Gasteiger charge is 2.14. The predicted molar refractivity (Wildman–Crippen MR) is 68.3 cm³/mol. The minimum atomic E-state index is -0.636. The van der Waals surface area contributed by atoms with E-state index < -0.39 is 10.7 Å². The molecule has 0 saturated heterocycles. The third-order valence-electron chi connectivity index (χ3n) is 2.66. The first kappa shape index (κ1) is 13.0. The molecule has 7 heteroatoms. The van der Waals surface area contributed by atoms with E-state index in [1.165, 1.54) is 12.1 Å². The molecular formula is C12H13FN4O2. The molecule has 0 aliphatic rings. The van der Waals surface area contributed by atoms with Gasteiger partial charge in [-0.15, -0.1) is 0 Å². The Bertz CT molecular complexity index is 597. The average Bonchev–Trinajstić information content (AvgIpc) is 2.85. The second-order valence-corrected chi connectivity index (χ2v) is 3.98. The van der Waals surface area contributed by atoms with Crippen LogP contribution in [0.25, 0.3) is 0 Å². The number of nitro groups is 1. The Balaban J connectivity index is 2.12. The molecule has 100 valence electrons. The maximum Gasteiger partial charge on any atom is 0.295 e. The third kappa shape index (κ3) is 3.06. The molecule has 0 radical (unpaired) electrons. The number of halogens is 1. The van der Waals surface area contributed by atoms with Crippen molar-refractivity contribution in [3.05, 3.63) is 51.8 Å². The average molecular weight is 264 g/mol. The van der Waals surface area contributed by atoms with Gasteiger partial charge >= 0.3 is 0 Å². The molecule has 0 bridgehead atoms. The second kappa shape index (κ2) is 5.47. The van der Waals surface area contributed by atoms with Crippen molar-refractivity contribution in [3.63, 3.8) is 0 Å². The molecule has 0 fully saturated rings. The van der Waals surface area contributed by atoms with Crippen LogP contribution in [0.5, 0.6) is 0 Å². The summed E-state index contributed by atoms with van der Waals surface area (Å²) < 4.78 is 13.0. The van der Waals surface area contributed by atoms with Gasteiger partial charge in [0, 0.05) is 11.9 Å². The topological polar surface area (TPSA) is 83.8 Å². The summed E-state index contributed by atoms with van der Waals surface area (Å²) in [5.74, 6) is 0.0407. The van der Waals surface area contributed by atoms with Crippen LogP contribution in [0.2, 0.25) is 0 Å². The Morgan fingerprint density at radius 1 is 1.53 bits per heavy atom. The number of aromatic amines is 1. The fourth-order valence-electron chi connectivity index (χ4n) is 1.66. The summed E-state index contributed by atoms with van der Waals surface area (Å²) in [7, 11) is 0. The molecule has 6 nitrogen and oxygen atoms in total. The zero-order valence-electron chi connectivity index (χ0n) is 10.3. The molecule has 0 amide bonds. The normalized spacial score (nSPS) is 10.4. The number of nitrogens with zero attached hydrogens (tertiary/aromatic N) is 2. The second-order valence-electron chi connectivity index (χ2n) is 3.98. The Morgan fingerprint density at radius 3 is 2.95 bits per heavy atom. The summed E-state index contributed by atoms with van der Waals surface area (Å²) in [5.41, 5.74) is 0.966. The molecule has 0 unspecified atom stereocenters. The van der Waals surface area contributed by atoms with Gasteiger partial charge in [-0.25, -0.2) is 9.37 Å². The van der Waals surface area contributed by atoms with Crippen LogP contribution in [0.15, 0.2) is 24.4 Å². The lowest BCUT2D eigenvalue weighted by Gasteiger charge is -2.05. The molecule has 0 spiro atoms. The van der Waals surface area contributed by atoms with Crippen molar-refractivity contribution in [1.82, 2.24) is 9.97 Å². The van der Waals surface area contributed by atoms with E-state index in [9.17, 15) is 14.5 Å². The van der Waals surface area contributed by atoms with Gasteiger partial charge < -0.3 is 10.3 Å². The van der Waals surface area contributed by atoms with E-state index in [2.05, 4.69) is 15.3 Å². The van der Waals surface area contributed by atoms with E-state index >= 15 is 0 Å². The molecule has 0 aliphatic carbocycles. The van der Waals surface area contributed by atoms with Gasteiger partial charge in [0.1, 0.15) is 17.3 Å². The van der Waals surface area contributed by atoms with Crippen LogP contribution in [0.1, 0.15) is 18.4 Å². The van der Waals surface area contributed by atoms with Crippen LogP contribution < -0.4 is 5.32 Å². The molecule has 2 aromatic rings. The van der Waals surface area contributed by atoms with E-state index in [-0.39, 0.29) is 11.4 Å². The number of imidazole rings is 1. The lowest BCUT2D eigenvalue weighted by atomic mass is 10.2. The fraction of sp³-hybridized carbons (Fsp3) is 0.250. The number of aryl methyl sites for hydroxylation is 1. The van der Waals surface area contributed by atoms with E-state index in [1.54, 1.807) is 6.20 Å². The standard InChI is InChI=1S/C12H13FN4O2/c1-2-9-6-15-12(16-9)7-14-10-4-3-8(13)5-11(10)17(18)19/h3-6,14H,2,7H2,1H3,(H,15,16). The van der Waals surface area contributed by atoms with Gasteiger partial charge in [-0.3, -0.25) is 10.1 Å². The predicted octanol–water partition coefficient (Wildman–Crippen LogP) is 2.63. The minimum Gasteiger partial charge on any atom is -0.372 e. The number of hydrogen-bond acceptors (Lipinski definition) is 4. The first-order valence-electron chi connectivity index (χ1n) is 5.80.